The minimum atomic E-state index is -4.68. The molecule has 1 aliphatic rings. The lowest BCUT2D eigenvalue weighted by molar-refractivity contribution is -0.274. The highest BCUT2D eigenvalue weighted by Gasteiger charge is 2.32. The zero-order valence-corrected chi connectivity index (χ0v) is 10.2. The van der Waals surface area contributed by atoms with E-state index < -0.39 is 6.36 Å². The molecule has 2 unspecified atom stereocenters. The van der Waals surface area contributed by atoms with Gasteiger partial charge in [-0.15, -0.1) is 24.8 Å². The molecule has 0 spiro atoms. The SMILES string of the molecule is FC(F)(F)Oc1cccc(C2OCCC2CCl)c1. The Bertz CT molecular complexity index is 409. The average Bonchev–Trinajstić information content (AvgIpc) is 2.75. The first-order valence-corrected chi connectivity index (χ1v) is 6.06. The van der Waals surface area contributed by atoms with Gasteiger partial charge in [-0.25, -0.2) is 0 Å². The molecule has 1 aliphatic heterocycles. The zero-order chi connectivity index (χ0) is 13.2. The van der Waals surface area contributed by atoms with Crippen LogP contribution < -0.4 is 4.74 Å². The Hall–Kier alpha value is -0.940. The van der Waals surface area contributed by atoms with Crippen LogP contribution in [0.3, 0.4) is 0 Å². The van der Waals surface area contributed by atoms with Crippen molar-refractivity contribution < 1.29 is 22.6 Å². The molecule has 0 amide bonds. The smallest absolute Gasteiger partial charge is 0.406 e. The second-order valence-electron chi connectivity index (χ2n) is 4.11. The number of alkyl halides is 4. The van der Waals surface area contributed by atoms with Gasteiger partial charge in [0.15, 0.2) is 0 Å². The number of ether oxygens (including phenoxy) is 2. The van der Waals surface area contributed by atoms with E-state index in [0.717, 1.165) is 6.42 Å². The lowest BCUT2D eigenvalue weighted by atomic mass is 9.97. The molecular weight excluding hydrogens is 269 g/mol. The second kappa shape index (κ2) is 5.36. The van der Waals surface area contributed by atoms with Crippen molar-refractivity contribution in [3.63, 3.8) is 0 Å². The molecule has 100 valence electrons. The summed E-state index contributed by atoms with van der Waals surface area (Å²) in [5.74, 6) is 0.325. The Balaban J connectivity index is 2.16. The molecule has 0 aliphatic carbocycles. The highest BCUT2D eigenvalue weighted by atomic mass is 35.5. The third-order valence-electron chi connectivity index (χ3n) is 2.83. The summed E-state index contributed by atoms with van der Waals surface area (Å²) in [5.41, 5.74) is 0.667. The van der Waals surface area contributed by atoms with Crippen molar-refractivity contribution in [3.8, 4) is 5.75 Å². The predicted molar refractivity (Wildman–Crippen MR) is 60.6 cm³/mol. The fourth-order valence-electron chi connectivity index (χ4n) is 2.05. The van der Waals surface area contributed by atoms with Crippen LogP contribution in [0.25, 0.3) is 0 Å². The van der Waals surface area contributed by atoms with Gasteiger partial charge in [0.05, 0.1) is 6.10 Å². The molecule has 1 fully saturated rings. The van der Waals surface area contributed by atoms with Crippen molar-refractivity contribution in [3.05, 3.63) is 29.8 Å². The molecule has 1 heterocycles. The van der Waals surface area contributed by atoms with Crippen molar-refractivity contribution >= 4 is 11.6 Å². The van der Waals surface area contributed by atoms with Crippen LogP contribution in [-0.2, 0) is 4.74 Å². The molecule has 1 saturated heterocycles. The van der Waals surface area contributed by atoms with Crippen LogP contribution in [0.5, 0.6) is 5.75 Å². The maximum atomic E-state index is 12.1. The van der Waals surface area contributed by atoms with E-state index in [1.807, 2.05) is 0 Å². The van der Waals surface area contributed by atoms with Crippen molar-refractivity contribution in [1.29, 1.82) is 0 Å². The molecular formula is C12H12ClF3O2. The Morgan fingerprint density at radius 2 is 2.17 bits per heavy atom. The van der Waals surface area contributed by atoms with E-state index in [9.17, 15) is 13.2 Å². The third-order valence-corrected chi connectivity index (χ3v) is 3.23. The number of hydrogen-bond donors (Lipinski definition) is 0. The predicted octanol–water partition coefficient (Wildman–Crippen LogP) is 3.90. The molecule has 0 aromatic heterocycles. The quantitative estimate of drug-likeness (QED) is 0.782. The first kappa shape index (κ1) is 13.5. The maximum Gasteiger partial charge on any atom is 0.573 e. The molecule has 0 bridgehead atoms. The Morgan fingerprint density at radius 3 is 2.83 bits per heavy atom. The topological polar surface area (TPSA) is 18.5 Å². The van der Waals surface area contributed by atoms with Crippen LogP contribution in [-0.4, -0.2) is 18.8 Å². The van der Waals surface area contributed by atoms with E-state index >= 15 is 0 Å². The monoisotopic (exact) mass is 280 g/mol. The molecule has 6 heteroatoms. The standard InChI is InChI=1S/C12H12ClF3O2/c13-7-9-4-5-17-11(9)8-2-1-3-10(6-8)18-12(14,15)16/h1-3,6,9,11H,4-5,7H2. The summed E-state index contributed by atoms with van der Waals surface area (Å²) in [6, 6.07) is 5.85. The molecule has 0 radical (unpaired) electrons. The highest BCUT2D eigenvalue weighted by Crippen LogP contribution is 2.36. The summed E-state index contributed by atoms with van der Waals surface area (Å²) in [6.45, 7) is 0.576. The van der Waals surface area contributed by atoms with E-state index in [2.05, 4.69) is 4.74 Å². The minimum Gasteiger partial charge on any atom is -0.406 e. The Labute approximate surface area is 108 Å². The molecule has 2 rings (SSSR count). The third kappa shape index (κ3) is 3.29. The number of rotatable bonds is 3. The first-order valence-electron chi connectivity index (χ1n) is 5.53. The summed E-state index contributed by atoms with van der Waals surface area (Å²) >= 11 is 5.81. The second-order valence-corrected chi connectivity index (χ2v) is 4.42. The maximum absolute atomic E-state index is 12.1. The molecule has 1 aromatic carbocycles. The van der Waals surface area contributed by atoms with Gasteiger partial charge < -0.3 is 9.47 Å². The largest absolute Gasteiger partial charge is 0.573 e. The normalized spacial score (nSPS) is 24.2. The van der Waals surface area contributed by atoms with Crippen molar-refractivity contribution in [1.82, 2.24) is 0 Å². The van der Waals surface area contributed by atoms with Gasteiger partial charge in [-0.05, 0) is 24.1 Å². The van der Waals surface area contributed by atoms with Crippen molar-refractivity contribution in [2.24, 2.45) is 5.92 Å². The summed E-state index contributed by atoms with van der Waals surface area (Å²) in [6.07, 6.45) is -4.11. The van der Waals surface area contributed by atoms with Crippen LogP contribution in [0.2, 0.25) is 0 Å². The summed E-state index contributed by atoms with van der Waals surface area (Å²) in [5, 5.41) is 0. The summed E-state index contributed by atoms with van der Waals surface area (Å²) in [7, 11) is 0. The van der Waals surface area contributed by atoms with Crippen LogP contribution in [0.15, 0.2) is 24.3 Å². The van der Waals surface area contributed by atoms with Crippen molar-refractivity contribution in [2.45, 2.75) is 18.9 Å². The van der Waals surface area contributed by atoms with E-state index in [0.29, 0.717) is 18.1 Å². The van der Waals surface area contributed by atoms with Crippen LogP contribution in [0.1, 0.15) is 18.1 Å². The van der Waals surface area contributed by atoms with Gasteiger partial charge in [0.25, 0.3) is 0 Å². The summed E-state index contributed by atoms with van der Waals surface area (Å²) in [4.78, 5) is 0. The van der Waals surface area contributed by atoms with Gasteiger partial charge in [-0.3, -0.25) is 0 Å². The number of benzene rings is 1. The van der Waals surface area contributed by atoms with E-state index in [1.54, 1.807) is 6.07 Å². The lowest BCUT2D eigenvalue weighted by Crippen LogP contribution is -2.17. The van der Waals surface area contributed by atoms with Gasteiger partial charge in [0.1, 0.15) is 5.75 Å². The van der Waals surface area contributed by atoms with Crippen molar-refractivity contribution in [2.75, 3.05) is 12.5 Å². The van der Waals surface area contributed by atoms with E-state index in [4.69, 9.17) is 16.3 Å². The number of halogens is 4. The molecule has 0 N–H and O–H groups in total. The van der Waals surface area contributed by atoms with Gasteiger partial charge >= 0.3 is 6.36 Å². The minimum absolute atomic E-state index is 0.132. The Kier molecular flexibility index (Phi) is 4.02. The van der Waals surface area contributed by atoms with Crippen LogP contribution >= 0.6 is 11.6 Å². The van der Waals surface area contributed by atoms with Gasteiger partial charge in [0, 0.05) is 18.4 Å². The molecule has 2 nitrogen and oxygen atoms in total. The molecule has 2 atom stereocenters. The van der Waals surface area contributed by atoms with E-state index in [-0.39, 0.29) is 17.8 Å². The Morgan fingerprint density at radius 1 is 1.39 bits per heavy atom. The molecule has 1 aromatic rings. The first-order chi connectivity index (χ1) is 8.49. The van der Waals surface area contributed by atoms with E-state index in [1.165, 1.54) is 18.2 Å². The molecule has 18 heavy (non-hydrogen) atoms. The fraction of sp³-hybridized carbons (Fsp3) is 0.500. The zero-order valence-electron chi connectivity index (χ0n) is 9.41. The number of hydrogen-bond acceptors (Lipinski definition) is 2. The van der Waals surface area contributed by atoms with Crippen LogP contribution in [0.4, 0.5) is 13.2 Å². The van der Waals surface area contributed by atoms with Gasteiger partial charge in [0.2, 0.25) is 0 Å². The summed E-state index contributed by atoms with van der Waals surface area (Å²) < 4.78 is 45.7. The van der Waals surface area contributed by atoms with Gasteiger partial charge in [-0.1, -0.05) is 12.1 Å². The average molecular weight is 281 g/mol. The fourth-order valence-corrected chi connectivity index (χ4v) is 2.37. The van der Waals surface area contributed by atoms with Gasteiger partial charge in [-0.2, -0.15) is 0 Å². The highest BCUT2D eigenvalue weighted by molar-refractivity contribution is 6.18. The van der Waals surface area contributed by atoms with Crippen LogP contribution in [0, 0.1) is 5.92 Å². The molecule has 0 saturated carbocycles. The lowest BCUT2D eigenvalue weighted by Gasteiger charge is -2.17.